The van der Waals surface area contributed by atoms with Crippen LogP contribution in [0.4, 0.5) is 0 Å². The van der Waals surface area contributed by atoms with E-state index < -0.39 is 0 Å². The van der Waals surface area contributed by atoms with Gasteiger partial charge in [-0.15, -0.1) is 24.2 Å². The number of hydrogen-bond donors (Lipinski definition) is 1. The van der Waals surface area contributed by atoms with Gasteiger partial charge >= 0.3 is 0 Å². The number of benzene rings is 1. The van der Waals surface area contributed by atoms with E-state index in [9.17, 15) is 9.90 Å². The smallest absolute Gasteiger partial charge is 0.243 e. The summed E-state index contributed by atoms with van der Waals surface area (Å²) in [5, 5.41) is 10.0. The number of thioether (sulfide) groups is 1. The first-order valence-electron chi connectivity index (χ1n) is 7.38. The molecular formula is C16H20ClN3O2S. The summed E-state index contributed by atoms with van der Waals surface area (Å²) < 4.78 is 1.80. The fourth-order valence-corrected chi connectivity index (χ4v) is 3.94. The molecule has 1 N–H and O–H groups in total. The molecule has 1 aliphatic rings. The number of rotatable bonds is 5. The number of nitrogens with zero attached hydrogens (tertiary/aromatic N) is 3. The number of imidazole rings is 1. The third kappa shape index (κ3) is 4.42. The van der Waals surface area contributed by atoms with E-state index in [0.717, 1.165) is 30.7 Å². The van der Waals surface area contributed by atoms with Crippen molar-refractivity contribution in [3.05, 3.63) is 48.5 Å². The average Bonchev–Trinajstić information content (AvgIpc) is 3.17. The quantitative estimate of drug-likeness (QED) is 0.897. The van der Waals surface area contributed by atoms with Crippen LogP contribution in [0.5, 0.6) is 5.75 Å². The molecule has 23 heavy (non-hydrogen) atoms. The van der Waals surface area contributed by atoms with Gasteiger partial charge in [-0.2, -0.15) is 0 Å². The van der Waals surface area contributed by atoms with E-state index in [4.69, 9.17) is 0 Å². The summed E-state index contributed by atoms with van der Waals surface area (Å²) >= 11 is 1.82. The van der Waals surface area contributed by atoms with Gasteiger partial charge in [0.15, 0.2) is 0 Å². The number of carbonyl (C=O) groups excluding carboxylic acids is 1. The maximum Gasteiger partial charge on any atom is 0.243 e. The molecule has 1 atom stereocenters. The maximum absolute atomic E-state index is 12.4. The molecule has 1 amide bonds. The Hall–Kier alpha value is -1.66. The molecule has 0 saturated carbocycles. The van der Waals surface area contributed by atoms with Crippen LogP contribution in [-0.2, 0) is 17.8 Å². The number of carbonyl (C=O) groups is 1. The second-order valence-corrected chi connectivity index (χ2v) is 6.60. The minimum Gasteiger partial charge on any atom is -0.508 e. The molecule has 0 spiro atoms. The Balaban J connectivity index is 0.00000192. The van der Waals surface area contributed by atoms with Crippen molar-refractivity contribution in [1.29, 1.82) is 0 Å². The highest BCUT2D eigenvalue weighted by Crippen LogP contribution is 2.29. The zero-order valence-electron chi connectivity index (χ0n) is 12.7. The van der Waals surface area contributed by atoms with Crippen molar-refractivity contribution >= 4 is 30.1 Å². The van der Waals surface area contributed by atoms with Crippen molar-refractivity contribution in [2.24, 2.45) is 0 Å². The van der Waals surface area contributed by atoms with E-state index in [1.807, 2.05) is 34.9 Å². The predicted octanol–water partition coefficient (Wildman–Crippen LogP) is 2.54. The lowest BCUT2D eigenvalue weighted by molar-refractivity contribution is -0.131. The highest BCUT2D eigenvalue weighted by atomic mass is 35.5. The Kier molecular flexibility index (Phi) is 6.36. The standard InChI is InChI=1S/C16H19N3O2S.ClH/c20-14-4-2-1-3-13(14)5-6-16-19(9-10-22-16)15(21)11-18-8-7-17-12-18;/h1-4,7-8,12,16,20H,5-6,9-11H2;1H. The molecule has 124 valence electrons. The summed E-state index contributed by atoms with van der Waals surface area (Å²) in [6.45, 7) is 1.14. The molecule has 0 radical (unpaired) electrons. The molecule has 7 heteroatoms. The molecule has 5 nitrogen and oxygen atoms in total. The maximum atomic E-state index is 12.4. The van der Waals surface area contributed by atoms with Crippen LogP contribution in [0.1, 0.15) is 12.0 Å². The van der Waals surface area contributed by atoms with Crippen LogP contribution in [0.3, 0.4) is 0 Å². The van der Waals surface area contributed by atoms with Gasteiger partial charge in [-0.1, -0.05) is 18.2 Å². The normalized spacial score (nSPS) is 17.0. The van der Waals surface area contributed by atoms with Gasteiger partial charge in [0.05, 0.1) is 11.7 Å². The van der Waals surface area contributed by atoms with Gasteiger partial charge in [-0.25, -0.2) is 4.98 Å². The van der Waals surface area contributed by atoms with Crippen LogP contribution in [0.2, 0.25) is 0 Å². The summed E-state index contributed by atoms with van der Waals surface area (Å²) in [6.07, 6.45) is 6.79. The lowest BCUT2D eigenvalue weighted by Crippen LogP contribution is -2.37. The number of hydrogen-bond acceptors (Lipinski definition) is 4. The largest absolute Gasteiger partial charge is 0.508 e. The van der Waals surface area contributed by atoms with Crippen LogP contribution < -0.4 is 0 Å². The molecule has 1 aromatic carbocycles. The van der Waals surface area contributed by atoms with E-state index in [1.54, 1.807) is 29.4 Å². The van der Waals surface area contributed by atoms with E-state index in [1.165, 1.54) is 0 Å². The van der Waals surface area contributed by atoms with Crippen LogP contribution in [0.25, 0.3) is 0 Å². The molecule has 0 bridgehead atoms. The van der Waals surface area contributed by atoms with Crippen molar-refractivity contribution in [2.75, 3.05) is 12.3 Å². The fraction of sp³-hybridized carbons (Fsp3) is 0.375. The summed E-state index contributed by atoms with van der Waals surface area (Å²) in [4.78, 5) is 18.3. The van der Waals surface area contributed by atoms with Gasteiger partial charge in [-0.05, 0) is 24.5 Å². The number of aryl methyl sites for hydroxylation is 1. The van der Waals surface area contributed by atoms with Crippen molar-refractivity contribution in [3.63, 3.8) is 0 Å². The van der Waals surface area contributed by atoms with Gasteiger partial charge in [0, 0.05) is 24.7 Å². The first kappa shape index (κ1) is 17.7. The SMILES string of the molecule is Cl.O=C(Cn1ccnc1)N1CCSC1CCc1ccccc1O. The lowest BCUT2D eigenvalue weighted by Gasteiger charge is -2.24. The van der Waals surface area contributed by atoms with Crippen molar-refractivity contribution < 1.29 is 9.90 Å². The second kappa shape index (κ2) is 8.26. The summed E-state index contributed by atoms with van der Waals surface area (Å²) in [6, 6.07) is 7.40. The number of phenols is 1. The average molecular weight is 354 g/mol. The van der Waals surface area contributed by atoms with Gasteiger partial charge in [-0.3, -0.25) is 4.79 Å². The lowest BCUT2D eigenvalue weighted by atomic mass is 10.1. The fourth-order valence-electron chi connectivity index (χ4n) is 2.67. The summed E-state index contributed by atoms with van der Waals surface area (Å²) in [5.41, 5.74) is 0.942. The number of para-hydroxylation sites is 1. The Labute approximate surface area is 146 Å². The molecule has 1 fully saturated rings. The number of aromatic hydroxyl groups is 1. The van der Waals surface area contributed by atoms with Crippen molar-refractivity contribution in [3.8, 4) is 5.75 Å². The number of aromatic nitrogens is 2. The molecule has 1 saturated heterocycles. The second-order valence-electron chi connectivity index (χ2n) is 5.31. The molecule has 1 aromatic heterocycles. The van der Waals surface area contributed by atoms with E-state index in [-0.39, 0.29) is 23.7 Å². The predicted molar refractivity (Wildman–Crippen MR) is 93.9 cm³/mol. The van der Waals surface area contributed by atoms with Crippen LogP contribution in [0, 0.1) is 0 Å². The minimum atomic E-state index is 0. The van der Waals surface area contributed by atoms with E-state index in [2.05, 4.69) is 4.98 Å². The Morgan fingerprint density at radius 2 is 2.22 bits per heavy atom. The Morgan fingerprint density at radius 1 is 1.39 bits per heavy atom. The first-order valence-corrected chi connectivity index (χ1v) is 8.42. The van der Waals surface area contributed by atoms with E-state index >= 15 is 0 Å². The Bertz CT molecular complexity index is 636. The van der Waals surface area contributed by atoms with Gasteiger partial charge in [0.25, 0.3) is 0 Å². The molecule has 1 unspecified atom stereocenters. The first-order chi connectivity index (χ1) is 10.7. The van der Waals surface area contributed by atoms with E-state index in [0.29, 0.717) is 12.3 Å². The third-order valence-electron chi connectivity index (χ3n) is 3.84. The van der Waals surface area contributed by atoms with Gasteiger partial charge in [0.2, 0.25) is 5.91 Å². The van der Waals surface area contributed by atoms with Crippen LogP contribution in [-0.4, -0.2) is 43.1 Å². The highest BCUT2D eigenvalue weighted by molar-refractivity contribution is 8.00. The molecule has 2 heterocycles. The topological polar surface area (TPSA) is 58.4 Å². The number of amides is 1. The summed E-state index contributed by atoms with van der Waals surface area (Å²) in [7, 11) is 0. The molecule has 3 rings (SSSR count). The molecule has 0 aliphatic carbocycles. The zero-order valence-corrected chi connectivity index (χ0v) is 14.3. The van der Waals surface area contributed by atoms with Crippen molar-refractivity contribution in [1.82, 2.24) is 14.5 Å². The van der Waals surface area contributed by atoms with Crippen LogP contribution >= 0.6 is 24.2 Å². The number of phenolic OH excluding ortho intramolecular Hbond substituents is 1. The zero-order chi connectivity index (χ0) is 15.4. The number of halogens is 1. The minimum absolute atomic E-state index is 0. The van der Waals surface area contributed by atoms with Gasteiger partial charge in [0.1, 0.15) is 12.3 Å². The van der Waals surface area contributed by atoms with Gasteiger partial charge < -0.3 is 14.6 Å². The third-order valence-corrected chi connectivity index (χ3v) is 5.13. The summed E-state index contributed by atoms with van der Waals surface area (Å²) in [5.74, 6) is 1.44. The highest BCUT2D eigenvalue weighted by Gasteiger charge is 2.29. The molecule has 1 aliphatic heterocycles. The molecule has 2 aromatic rings. The van der Waals surface area contributed by atoms with Crippen molar-refractivity contribution in [2.45, 2.75) is 24.8 Å². The van der Waals surface area contributed by atoms with Crippen LogP contribution in [0.15, 0.2) is 43.0 Å². The monoisotopic (exact) mass is 353 g/mol. The Morgan fingerprint density at radius 3 is 2.96 bits per heavy atom. The molecular weight excluding hydrogens is 334 g/mol.